The molecule has 7 heteroatoms. The first-order chi connectivity index (χ1) is 9.38. The van der Waals surface area contributed by atoms with Crippen molar-refractivity contribution in [3.8, 4) is 0 Å². The van der Waals surface area contributed by atoms with Crippen molar-refractivity contribution >= 4 is 21.4 Å². The highest BCUT2D eigenvalue weighted by Gasteiger charge is 2.13. The van der Waals surface area contributed by atoms with Crippen LogP contribution in [0.15, 0.2) is 18.2 Å². The van der Waals surface area contributed by atoms with Crippen LogP contribution in [0.4, 0.5) is 4.39 Å². The topological polar surface area (TPSA) is 72.2 Å². The van der Waals surface area contributed by atoms with E-state index in [9.17, 15) is 12.8 Å². The van der Waals surface area contributed by atoms with Crippen LogP contribution in [-0.2, 0) is 16.3 Å². The predicted molar refractivity (Wildman–Crippen MR) is 79.8 cm³/mol. The number of sulfone groups is 1. The van der Waals surface area contributed by atoms with Crippen LogP contribution in [0.3, 0.4) is 0 Å². The van der Waals surface area contributed by atoms with Gasteiger partial charge in [-0.15, -0.1) is 0 Å². The number of hydrogen-bond acceptors (Lipinski definition) is 4. The van der Waals surface area contributed by atoms with Crippen molar-refractivity contribution in [1.29, 1.82) is 0 Å². The van der Waals surface area contributed by atoms with Crippen LogP contribution in [0.1, 0.15) is 25.3 Å². The van der Waals surface area contributed by atoms with Gasteiger partial charge in [0.15, 0.2) is 0 Å². The standard InChI is InChI=1S/C13H20ClFN2O2S/c1-2-20(18,19)7-3-4-12(17-16)8-10-5-6-11(15)9-13(10)14/h5-6,9,12,17H,2-4,7-8,16H2,1H3. The van der Waals surface area contributed by atoms with Crippen LogP contribution in [-0.4, -0.2) is 26.0 Å². The van der Waals surface area contributed by atoms with Crippen molar-refractivity contribution in [3.05, 3.63) is 34.6 Å². The Hall–Kier alpha value is -0.690. The molecule has 0 fully saturated rings. The van der Waals surface area contributed by atoms with Gasteiger partial charge in [0.1, 0.15) is 15.7 Å². The molecule has 1 rings (SSSR count). The molecule has 0 spiro atoms. The van der Waals surface area contributed by atoms with Crippen molar-refractivity contribution in [1.82, 2.24) is 5.43 Å². The molecule has 4 nitrogen and oxygen atoms in total. The number of hydrogen-bond donors (Lipinski definition) is 2. The predicted octanol–water partition coefficient (Wildman–Crippen LogP) is 2.07. The van der Waals surface area contributed by atoms with E-state index >= 15 is 0 Å². The minimum Gasteiger partial charge on any atom is -0.271 e. The van der Waals surface area contributed by atoms with E-state index in [0.29, 0.717) is 24.3 Å². The lowest BCUT2D eigenvalue weighted by Gasteiger charge is -2.16. The van der Waals surface area contributed by atoms with E-state index in [1.165, 1.54) is 12.1 Å². The van der Waals surface area contributed by atoms with Gasteiger partial charge >= 0.3 is 0 Å². The fourth-order valence-electron chi connectivity index (χ4n) is 1.89. The van der Waals surface area contributed by atoms with Gasteiger partial charge in [-0.1, -0.05) is 24.6 Å². The SMILES string of the molecule is CCS(=O)(=O)CCCC(Cc1ccc(F)cc1Cl)NN. The second kappa shape index (κ2) is 7.93. The highest BCUT2D eigenvalue weighted by Crippen LogP contribution is 2.19. The van der Waals surface area contributed by atoms with Gasteiger partial charge in [0.05, 0.1) is 5.75 Å². The van der Waals surface area contributed by atoms with E-state index in [1.54, 1.807) is 13.0 Å². The summed E-state index contributed by atoms with van der Waals surface area (Å²) in [5.41, 5.74) is 3.44. The van der Waals surface area contributed by atoms with Gasteiger partial charge in [0, 0.05) is 16.8 Å². The maximum absolute atomic E-state index is 12.9. The van der Waals surface area contributed by atoms with E-state index in [4.69, 9.17) is 17.4 Å². The molecule has 0 aliphatic carbocycles. The quantitative estimate of drug-likeness (QED) is 0.567. The summed E-state index contributed by atoms with van der Waals surface area (Å²) in [6.07, 6.45) is 1.68. The second-order valence-corrected chi connectivity index (χ2v) is 7.56. The van der Waals surface area contributed by atoms with Gasteiger partial charge < -0.3 is 0 Å². The van der Waals surface area contributed by atoms with Gasteiger partial charge in [0.2, 0.25) is 0 Å². The number of benzene rings is 1. The maximum atomic E-state index is 12.9. The molecule has 20 heavy (non-hydrogen) atoms. The minimum atomic E-state index is -2.95. The van der Waals surface area contributed by atoms with Gasteiger partial charge in [-0.2, -0.15) is 0 Å². The Balaban J connectivity index is 2.55. The van der Waals surface area contributed by atoms with Crippen LogP contribution < -0.4 is 11.3 Å². The normalized spacial score (nSPS) is 13.4. The molecular weight excluding hydrogens is 303 g/mol. The molecule has 0 aliphatic heterocycles. The molecule has 114 valence electrons. The molecule has 0 saturated carbocycles. The summed E-state index contributed by atoms with van der Waals surface area (Å²) in [7, 11) is -2.95. The largest absolute Gasteiger partial charge is 0.271 e. The van der Waals surface area contributed by atoms with Crippen molar-refractivity contribution in [3.63, 3.8) is 0 Å². The van der Waals surface area contributed by atoms with E-state index in [-0.39, 0.29) is 23.4 Å². The first-order valence-corrected chi connectivity index (χ1v) is 8.68. The van der Waals surface area contributed by atoms with Crippen LogP contribution in [0.5, 0.6) is 0 Å². The Labute approximate surface area is 124 Å². The zero-order valence-electron chi connectivity index (χ0n) is 11.4. The Kier molecular flexibility index (Phi) is 6.88. The molecule has 1 unspecified atom stereocenters. The average molecular weight is 323 g/mol. The highest BCUT2D eigenvalue weighted by molar-refractivity contribution is 7.91. The third kappa shape index (κ3) is 5.75. The molecule has 1 aromatic carbocycles. The smallest absolute Gasteiger partial charge is 0.150 e. The number of rotatable bonds is 8. The summed E-state index contributed by atoms with van der Waals surface area (Å²) >= 11 is 5.96. The monoisotopic (exact) mass is 322 g/mol. The minimum absolute atomic E-state index is 0.0926. The number of nitrogens with two attached hydrogens (primary N) is 1. The Morgan fingerprint density at radius 3 is 2.70 bits per heavy atom. The summed E-state index contributed by atoms with van der Waals surface area (Å²) < 4.78 is 35.8. The summed E-state index contributed by atoms with van der Waals surface area (Å²) in [6, 6.07) is 4.12. The fourth-order valence-corrected chi connectivity index (χ4v) is 3.03. The lowest BCUT2D eigenvalue weighted by atomic mass is 10.0. The first kappa shape index (κ1) is 17.4. The van der Waals surface area contributed by atoms with Crippen molar-refractivity contribution in [2.45, 2.75) is 32.2 Å². The van der Waals surface area contributed by atoms with Gasteiger partial charge in [-0.25, -0.2) is 12.8 Å². The van der Waals surface area contributed by atoms with E-state index in [2.05, 4.69) is 5.43 Å². The molecule has 0 aromatic heterocycles. The molecule has 0 heterocycles. The molecule has 1 atom stereocenters. The van der Waals surface area contributed by atoms with Crippen LogP contribution >= 0.6 is 11.6 Å². The summed E-state index contributed by atoms with van der Waals surface area (Å²) in [6.45, 7) is 1.63. The van der Waals surface area contributed by atoms with Gasteiger partial charge in [-0.3, -0.25) is 11.3 Å². The summed E-state index contributed by atoms with van der Waals surface area (Å²) in [5.74, 6) is 5.38. The summed E-state index contributed by atoms with van der Waals surface area (Å²) in [4.78, 5) is 0. The van der Waals surface area contributed by atoms with Crippen molar-refractivity contribution in [2.75, 3.05) is 11.5 Å². The maximum Gasteiger partial charge on any atom is 0.150 e. The van der Waals surface area contributed by atoms with Crippen molar-refractivity contribution < 1.29 is 12.8 Å². The molecular formula is C13H20ClFN2O2S. The number of hydrazine groups is 1. The zero-order valence-corrected chi connectivity index (χ0v) is 13.0. The average Bonchev–Trinajstić information content (AvgIpc) is 2.40. The van der Waals surface area contributed by atoms with Crippen LogP contribution in [0.2, 0.25) is 5.02 Å². The molecule has 0 saturated heterocycles. The van der Waals surface area contributed by atoms with E-state index in [0.717, 1.165) is 5.56 Å². The number of halogens is 2. The lowest BCUT2D eigenvalue weighted by molar-refractivity contribution is 0.484. The third-order valence-electron chi connectivity index (χ3n) is 3.16. The molecule has 1 aromatic rings. The fraction of sp³-hybridized carbons (Fsp3) is 0.538. The van der Waals surface area contributed by atoms with Gasteiger partial charge in [-0.05, 0) is 37.0 Å². The zero-order chi connectivity index (χ0) is 15.2. The van der Waals surface area contributed by atoms with Crippen molar-refractivity contribution in [2.24, 2.45) is 5.84 Å². The number of nitrogens with one attached hydrogen (secondary N) is 1. The third-order valence-corrected chi connectivity index (χ3v) is 5.31. The van der Waals surface area contributed by atoms with E-state index in [1.807, 2.05) is 0 Å². The van der Waals surface area contributed by atoms with Crippen LogP contribution in [0.25, 0.3) is 0 Å². The molecule has 0 bridgehead atoms. The van der Waals surface area contributed by atoms with Crippen LogP contribution in [0, 0.1) is 5.82 Å². The van der Waals surface area contributed by atoms with E-state index < -0.39 is 9.84 Å². The first-order valence-electron chi connectivity index (χ1n) is 6.48. The second-order valence-electron chi connectivity index (χ2n) is 4.68. The molecule has 0 aliphatic rings. The Morgan fingerprint density at radius 2 is 2.15 bits per heavy atom. The lowest BCUT2D eigenvalue weighted by Crippen LogP contribution is -2.37. The molecule has 3 N–H and O–H groups in total. The molecule has 0 radical (unpaired) electrons. The molecule has 0 amide bonds. The highest BCUT2D eigenvalue weighted by atomic mass is 35.5. The van der Waals surface area contributed by atoms with Gasteiger partial charge in [0.25, 0.3) is 0 Å². The Bertz CT molecular complexity index is 537. The summed E-state index contributed by atoms with van der Waals surface area (Å²) in [5, 5.41) is 0.353. The Morgan fingerprint density at radius 1 is 1.45 bits per heavy atom.